The fraction of sp³-hybridized carbons (Fsp3) is 0.571. The van der Waals surface area contributed by atoms with Gasteiger partial charge in [0, 0.05) is 0 Å². The summed E-state index contributed by atoms with van der Waals surface area (Å²) in [5, 5.41) is 0. The third kappa shape index (κ3) is 3.70. The average Bonchev–Trinajstić information content (AvgIpc) is 2.03. The fourth-order valence-corrected chi connectivity index (χ4v) is 0.529. The van der Waals surface area contributed by atoms with Gasteiger partial charge in [0.15, 0.2) is 0 Å². The summed E-state index contributed by atoms with van der Waals surface area (Å²) >= 11 is 0. The van der Waals surface area contributed by atoms with Crippen LogP contribution in [-0.2, 0) is 23.9 Å². The summed E-state index contributed by atoms with van der Waals surface area (Å²) < 4.78 is 8.53. The van der Waals surface area contributed by atoms with Gasteiger partial charge in [0.1, 0.15) is 6.42 Å². The summed E-state index contributed by atoms with van der Waals surface area (Å²) in [6, 6.07) is 0. The van der Waals surface area contributed by atoms with E-state index in [1.54, 1.807) is 6.92 Å². The van der Waals surface area contributed by atoms with E-state index in [9.17, 15) is 14.4 Å². The molecular formula is C7H10O5. The van der Waals surface area contributed by atoms with Crippen LogP contribution in [0.1, 0.15) is 13.3 Å². The van der Waals surface area contributed by atoms with Gasteiger partial charge in [-0.25, -0.2) is 4.79 Å². The SMILES string of the molecule is CCOC(=O)CC(=O)C(=O)OC. The van der Waals surface area contributed by atoms with Gasteiger partial charge in [-0.1, -0.05) is 0 Å². The summed E-state index contributed by atoms with van der Waals surface area (Å²) in [5.41, 5.74) is 0. The molecule has 0 aliphatic carbocycles. The molecule has 12 heavy (non-hydrogen) atoms. The van der Waals surface area contributed by atoms with E-state index < -0.39 is 24.1 Å². The molecular weight excluding hydrogens is 164 g/mol. The lowest BCUT2D eigenvalue weighted by Crippen LogP contribution is -2.20. The average molecular weight is 174 g/mol. The Bertz CT molecular complexity index is 196. The van der Waals surface area contributed by atoms with Crippen molar-refractivity contribution >= 4 is 17.7 Å². The first kappa shape index (κ1) is 10.6. The van der Waals surface area contributed by atoms with Gasteiger partial charge in [0.2, 0.25) is 0 Å². The van der Waals surface area contributed by atoms with E-state index in [1.807, 2.05) is 0 Å². The summed E-state index contributed by atoms with van der Waals surface area (Å²) in [4.78, 5) is 31.8. The number of rotatable bonds is 4. The Morgan fingerprint density at radius 3 is 2.25 bits per heavy atom. The van der Waals surface area contributed by atoms with Gasteiger partial charge in [-0.2, -0.15) is 0 Å². The van der Waals surface area contributed by atoms with Crippen LogP contribution in [0.25, 0.3) is 0 Å². The summed E-state index contributed by atoms with van der Waals surface area (Å²) in [5.74, 6) is -2.63. The van der Waals surface area contributed by atoms with Crippen LogP contribution in [-0.4, -0.2) is 31.4 Å². The molecule has 5 heteroatoms. The molecule has 0 atom stereocenters. The van der Waals surface area contributed by atoms with E-state index in [1.165, 1.54) is 0 Å². The second-order valence-corrected chi connectivity index (χ2v) is 1.90. The summed E-state index contributed by atoms with van der Waals surface area (Å²) in [6.45, 7) is 1.80. The topological polar surface area (TPSA) is 69.7 Å². The molecule has 0 fully saturated rings. The van der Waals surface area contributed by atoms with E-state index in [0.29, 0.717) is 0 Å². The second-order valence-electron chi connectivity index (χ2n) is 1.90. The first-order chi connectivity index (χ1) is 5.61. The van der Waals surface area contributed by atoms with Crippen LogP contribution in [0.5, 0.6) is 0 Å². The number of Topliss-reactive ketones (excluding diaryl/α,β-unsaturated/α-hetero) is 1. The molecule has 0 aromatic rings. The quantitative estimate of drug-likeness (QED) is 0.332. The maximum Gasteiger partial charge on any atom is 0.374 e. The lowest BCUT2D eigenvalue weighted by Gasteiger charge is -1.98. The molecule has 0 bridgehead atoms. The van der Waals surface area contributed by atoms with Gasteiger partial charge >= 0.3 is 11.9 Å². The molecule has 0 saturated carbocycles. The Morgan fingerprint density at radius 1 is 1.25 bits per heavy atom. The first-order valence-corrected chi connectivity index (χ1v) is 3.38. The molecule has 0 aliphatic rings. The second kappa shape index (κ2) is 5.29. The van der Waals surface area contributed by atoms with Crippen LogP contribution in [0.3, 0.4) is 0 Å². The zero-order valence-electron chi connectivity index (χ0n) is 6.96. The van der Waals surface area contributed by atoms with Gasteiger partial charge in [-0.05, 0) is 6.92 Å². The lowest BCUT2D eigenvalue weighted by atomic mass is 10.3. The van der Waals surface area contributed by atoms with Crippen molar-refractivity contribution in [2.75, 3.05) is 13.7 Å². The van der Waals surface area contributed by atoms with Crippen molar-refractivity contribution in [2.24, 2.45) is 0 Å². The van der Waals surface area contributed by atoms with E-state index in [2.05, 4.69) is 9.47 Å². The van der Waals surface area contributed by atoms with Crippen molar-refractivity contribution in [3.63, 3.8) is 0 Å². The standard InChI is InChI=1S/C7H10O5/c1-3-12-6(9)4-5(8)7(10)11-2/h3-4H2,1-2H3. The van der Waals surface area contributed by atoms with E-state index in [4.69, 9.17) is 0 Å². The predicted molar refractivity (Wildman–Crippen MR) is 38.3 cm³/mol. The molecule has 0 heterocycles. The molecule has 5 nitrogen and oxygen atoms in total. The van der Waals surface area contributed by atoms with Crippen LogP contribution >= 0.6 is 0 Å². The molecule has 0 aromatic carbocycles. The minimum Gasteiger partial charge on any atom is -0.466 e. The van der Waals surface area contributed by atoms with Crippen LogP contribution in [0.15, 0.2) is 0 Å². The molecule has 0 amide bonds. The van der Waals surface area contributed by atoms with Crippen molar-refractivity contribution < 1.29 is 23.9 Å². The number of esters is 2. The minimum absolute atomic E-state index is 0.188. The number of ketones is 1. The molecule has 0 rings (SSSR count). The lowest BCUT2D eigenvalue weighted by molar-refractivity contribution is -0.156. The highest BCUT2D eigenvalue weighted by atomic mass is 16.5. The number of carbonyl (C=O) groups is 3. The van der Waals surface area contributed by atoms with Crippen molar-refractivity contribution in [1.82, 2.24) is 0 Å². The van der Waals surface area contributed by atoms with Gasteiger partial charge in [-0.3, -0.25) is 9.59 Å². The van der Waals surface area contributed by atoms with E-state index in [0.717, 1.165) is 7.11 Å². The highest BCUT2D eigenvalue weighted by molar-refractivity contribution is 6.36. The third-order valence-electron chi connectivity index (χ3n) is 1.02. The number of carbonyl (C=O) groups excluding carboxylic acids is 3. The Hall–Kier alpha value is -1.39. The van der Waals surface area contributed by atoms with Gasteiger partial charge in [-0.15, -0.1) is 0 Å². The molecule has 0 radical (unpaired) electrons. The number of hydrogen-bond acceptors (Lipinski definition) is 5. The maximum atomic E-state index is 10.7. The molecule has 68 valence electrons. The monoisotopic (exact) mass is 174 g/mol. The van der Waals surface area contributed by atoms with Crippen molar-refractivity contribution in [3.8, 4) is 0 Å². The van der Waals surface area contributed by atoms with Crippen LogP contribution in [0.4, 0.5) is 0 Å². The third-order valence-corrected chi connectivity index (χ3v) is 1.02. The number of hydrogen-bond donors (Lipinski definition) is 0. The van der Waals surface area contributed by atoms with Crippen LogP contribution in [0.2, 0.25) is 0 Å². The summed E-state index contributed by atoms with van der Waals surface area (Å²) in [6.07, 6.45) is -0.555. The van der Waals surface area contributed by atoms with Crippen LogP contribution < -0.4 is 0 Å². The van der Waals surface area contributed by atoms with Gasteiger partial charge in [0.05, 0.1) is 13.7 Å². The highest BCUT2D eigenvalue weighted by Crippen LogP contribution is 1.90. The normalized spacial score (nSPS) is 8.83. The smallest absolute Gasteiger partial charge is 0.374 e. The number of methoxy groups -OCH3 is 1. The van der Waals surface area contributed by atoms with Crippen molar-refractivity contribution in [3.05, 3.63) is 0 Å². The Kier molecular flexibility index (Phi) is 4.67. The Balaban J connectivity index is 3.84. The predicted octanol–water partition coefficient (Wildman–Crippen LogP) is -0.318. The summed E-state index contributed by atoms with van der Waals surface area (Å²) in [7, 11) is 1.07. The Morgan fingerprint density at radius 2 is 1.83 bits per heavy atom. The fourth-order valence-electron chi connectivity index (χ4n) is 0.529. The molecule has 0 aromatic heterocycles. The van der Waals surface area contributed by atoms with Gasteiger partial charge in [0.25, 0.3) is 5.78 Å². The molecule has 0 N–H and O–H groups in total. The molecule has 0 saturated heterocycles. The largest absolute Gasteiger partial charge is 0.466 e. The Labute approximate surface area is 69.6 Å². The zero-order valence-corrected chi connectivity index (χ0v) is 6.96. The van der Waals surface area contributed by atoms with Crippen LogP contribution in [0, 0.1) is 0 Å². The highest BCUT2D eigenvalue weighted by Gasteiger charge is 2.18. The molecule has 0 unspecified atom stereocenters. The first-order valence-electron chi connectivity index (χ1n) is 3.38. The maximum absolute atomic E-state index is 10.7. The number of ether oxygens (including phenoxy) is 2. The van der Waals surface area contributed by atoms with Gasteiger partial charge < -0.3 is 9.47 Å². The molecule has 0 aliphatic heterocycles. The van der Waals surface area contributed by atoms with E-state index >= 15 is 0 Å². The molecule has 0 spiro atoms. The minimum atomic E-state index is -1.02. The van der Waals surface area contributed by atoms with E-state index in [-0.39, 0.29) is 6.61 Å². The zero-order chi connectivity index (χ0) is 9.56. The van der Waals surface area contributed by atoms with Crippen molar-refractivity contribution in [2.45, 2.75) is 13.3 Å². The van der Waals surface area contributed by atoms with Crippen molar-refractivity contribution in [1.29, 1.82) is 0 Å².